The van der Waals surface area contributed by atoms with Gasteiger partial charge in [0, 0.05) is 12.8 Å². The van der Waals surface area contributed by atoms with Crippen LogP contribution in [0.25, 0.3) is 10.9 Å². The van der Waals surface area contributed by atoms with E-state index in [0.29, 0.717) is 23.1 Å². The minimum Gasteiger partial charge on any atom is -0.491 e. The van der Waals surface area contributed by atoms with Gasteiger partial charge in [-0.25, -0.2) is 4.98 Å². The summed E-state index contributed by atoms with van der Waals surface area (Å²) >= 11 is 0. The number of aromatic nitrogens is 2. The van der Waals surface area contributed by atoms with Crippen LogP contribution in [-0.2, 0) is 11.2 Å². The van der Waals surface area contributed by atoms with Crippen molar-refractivity contribution in [3.63, 3.8) is 0 Å². The van der Waals surface area contributed by atoms with Crippen LogP contribution in [0, 0.1) is 0 Å². The molecule has 0 aliphatic heterocycles. The van der Waals surface area contributed by atoms with E-state index in [1.54, 1.807) is 18.2 Å². The maximum absolute atomic E-state index is 12.3. The van der Waals surface area contributed by atoms with Crippen molar-refractivity contribution in [3.8, 4) is 5.75 Å². The molecule has 0 aliphatic rings. The fourth-order valence-corrected chi connectivity index (χ4v) is 3.01. The molecule has 6 nitrogen and oxygen atoms in total. The van der Waals surface area contributed by atoms with E-state index in [1.165, 1.54) is 0 Å². The van der Waals surface area contributed by atoms with Crippen molar-refractivity contribution in [2.45, 2.75) is 45.8 Å². The number of carbonyl (C=O) groups is 1. The van der Waals surface area contributed by atoms with Crippen molar-refractivity contribution < 1.29 is 9.53 Å². The molecule has 1 amide bonds. The fourth-order valence-electron chi connectivity index (χ4n) is 3.01. The van der Waals surface area contributed by atoms with E-state index in [2.05, 4.69) is 15.3 Å². The van der Waals surface area contributed by atoms with Gasteiger partial charge < -0.3 is 15.0 Å². The molecule has 0 saturated heterocycles. The van der Waals surface area contributed by atoms with Gasteiger partial charge in [0.05, 0.1) is 23.0 Å². The molecule has 1 unspecified atom stereocenters. The highest BCUT2D eigenvalue weighted by molar-refractivity contribution is 5.78. The van der Waals surface area contributed by atoms with Gasteiger partial charge in [-0.3, -0.25) is 9.59 Å². The smallest absolute Gasteiger partial charge is 0.258 e. The van der Waals surface area contributed by atoms with Gasteiger partial charge in [-0.15, -0.1) is 0 Å². The van der Waals surface area contributed by atoms with Crippen molar-refractivity contribution in [1.29, 1.82) is 0 Å². The van der Waals surface area contributed by atoms with Crippen LogP contribution in [-0.4, -0.2) is 22.0 Å². The molecule has 0 aliphatic carbocycles. The van der Waals surface area contributed by atoms with Gasteiger partial charge in [0.2, 0.25) is 5.91 Å². The summed E-state index contributed by atoms with van der Waals surface area (Å²) in [5.74, 6) is 1.20. The van der Waals surface area contributed by atoms with Crippen molar-refractivity contribution in [3.05, 3.63) is 70.3 Å². The first-order valence-electron chi connectivity index (χ1n) is 9.46. The Labute approximate surface area is 164 Å². The second-order valence-electron chi connectivity index (χ2n) is 7.06. The quantitative estimate of drug-likeness (QED) is 0.658. The number of para-hydroxylation sites is 1. The molecule has 146 valence electrons. The lowest BCUT2D eigenvalue weighted by Gasteiger charge is -2.16. The zero-order chi connectivity index (χ0) is 20.1. The van der Waals surface area contributed by atoms with E-state index in [9.17, 15) is 9.59 Å². The predicted molar refractivity (Wildman–Crippen MR) is 109 cm³/mol. The SMILES string of the molecule is CC(C)Oc1cccc(C(C)NC(=O)CCc2nc3ccccc3c(=O)[nH]2)c1. The molecule has 2 aromatic carbocycles. The number of aromatic amines is 1. The van der Waals surface area contributed by atoms with Crippen molar-refractivity contribution >= 4 is 16.8 Å². The number of hydrogen-bond donors (Lipinski definition) is 2. The van der Waals surface area contributed by atoms with Gasteiger partial charge in [0.1, 0.15) is 11.6 Å². The summed E-state index contributed by atoms with van der Waals surface area (Å²) in [4.78, 5) is 31.6. The summed E-state index contributed by atoms with van der Waals surface area (Å²) in [5, 5.41) is 3.53. The van der Waals surface area contributed by atoms with E-state index in [-0.39, 0.29) is 30.0 Å². The summed E-state index contributed by atoms with van der Waals surface area (Å²) in [6.45, 7) is 5.88. The minimum absolute atomic E-state index is 0.0942. The first-order chi connectivity index (χ1) is 13.4. The number of amides is 1. The molecule has 3 aromatic rings. The number of ether oxygens (including phenoxy) is 1. The number of aryl methyl sites for hydroxylation is 1. The zero-order valence-corrected chi connectivity index (χ0v) is 16.4. The third kappa shape index (κ3) is 4.97. The van der Waals surface area contributed by atoms with Crippen molar-refractivity contribution in [1.82, 2.24) is 15.3 Å². The summed E-state index contributed by atoms with van der Waals surface area (Å²) in [7, 11) is 0. The molecule has 28 heavy (non-hydrogen) atoms. The lowest BCUT2D eigenvalue weighted by Crippen LogP contribution is -2.27. The Morgan fingerprint density at radius 1 is 1.14 bits per heavy atom. The molecule has 3 rings (SSSR count). The Hall–Kier alpha value is -3.15. The molecule has 2 N–H and O–H groups in total. The van der Waals surface area contributed by atoms with E-state index in [4.69, 9.17) is 4.74 Å². The number of nitrogens with zero attached hydrogens (tertiary/aromatic N) is 1. The summed E-state index contributed by atoms with van der Waals surface area (Å²) in [6, 6.07) is 14.7. The van der Waals surface area contributed by atoms with Gasteiger partial charge in [-0.05, 0) is 50.6 Å². The van der Waals surface area contributed by atoms with Crippen LogP contribution in [0.1, 0.15) is 44.6 Å². The van der Waals surface area contributed by atoms with Gasteiger partial charge in [0.15, 0.2) is 0 Å². The highest BCUT2D eigenvalue weighted by Crippen LogP contribution is 2.20. The maximum Gasteiger partial charge on any atom is 0.258 e. The number of carbonyl (C=O) groups excluding carboxylic acids is 1. The summed E-state index contributed by atoms with van der Waals surface area (Å²) in [6.07, 6.45) is 0.708. The standard InChI is InChI=1S/C22H25N3O3/c1-14(2)28-17-8-6-7-16(13-17)15(3)23-21(26)12-11-20-24-19-10-5-4-9-18(19)22(27)25-20/h4-10,13-15H,11-12H2,1-3H3,(H,23,26)(H,24,25,27). The van der Waals surface area contributed by atoms with Crippen LogP contribution in [0.5, 0.6) is 5.75 Å². The molecule has 0 fully saturated rings. The third-order valence-corrected chi connectivity index (χ3v) is 4.36. The van der Waals surface area contributed by atoms with Gasteiger partial charge in [-0.2, -0.15) is 0 Å². The van der Waals surface area contributed by atoms with E-state index < -0.39 is 0 Å². The van der Waals surface area contributed by atoms with Crippen LogP contribution in [0.15, 0.2) is 53.3 Å². The predicted octanol–water partition coefficient (Wildman–Crippen LogP) is 3.52. The lowest BCUT2D eigenvalue weighted by atomic mass is 10.1. The minimum atomic E-state index is -0.184. The van der Waals surface area contributed by atoms with Crippen molar-refractivity contribution in [2.75, 3.05) is 0 Å². The molecule has 1 heterocycles. The molecule has 0 saturated carbocycles. The molecule has 0 radical (unpaired) electrons. The molecule has 1 aromatic heterocycles. The first-order valence-corrected chi connectivity index (χ1v) is 9.46. The molecular formula is C22H25N3O3. The fraction of sp³-hybridized carbons (Fsp3) is 0.318. The van der Waals surface area contributed by atoms with Crippen LogP contribution < -0.4 is 15.6 Å². The third-order valence-electron chi connectivity index (χ3n) is 4.36. The number of fused-ring (bicyclic) bond motifs is 1. The molecule has 0 bridgehead atoms. The normalized spacial score (nSPS) is 12.1. The van der Waals surface area contributed by atoms with Crippen LogP contribution in [0.4, 0.5) is 0 Å². The van der Waals surface area contributed by atoms with Crippen molar-refractivity contribution in [2.24, 2.45) is 0 Å². The van der Waals surface area contributed by atoms with Crippen LogP contribution in [0.3, 0.4) is 0 Å². The summed E-state index contributed by atoms with van der Waals surface area (Å²) < 4.78 is 5.71. The van der Waals surface area contributed by atoms with Gasteiger partial charge in [-0.1, -0.05) is 24.3 Å². The second kappa shape index (κ2) is 8.69. The van der Waals surface area contributed by atoms with Crippen LogP contribution >= 0.6 is 0 Å². The number of H-pyrrole nitrogens is 1. The number of rotatable bonds is 7. The number of benzene rings is 2. The summed E-state index contributed by atoms with van der Waals surface area (Å²) in [5.41, 5.74) is 1.43. The van der Waals surface area contributed by atoms with E-state index >= 15 is 0 Å². The first kappa shape index (κ1) is 19.6. The molecule has 0 spiro atoms. The topological polar surface area (TPSA) is 84.1 Å². The zero-order valence-electron chi connectivity index (χ0n) is 16.4. The maximum atomic E-state index is 12.3. The lowest BCUT2D eigenvalue weighted by molar-refractivity contribution is -0.121. The largest absolute Gasteiger partial charge is 0.491 e. The average Bonchev–Trinajstić information content (AvgIpc) is 2.66. The van der Waals surface area contributed by atoms with E-state index in [0.717, 1.165) is 11.3 Å². The molecular weight excluding hydrogens is 354 g/mol. The molecule has 1 atom stereocenters. The van der Waals surface area contributed by atoms with Gasteiger partial charge in [0.25, 0.3) is 5.56 Å². The Balaban J connectivity index is 1.60. The Kier molecular flexibility index (Phi) is 6.09. The monoisotopic (exact) mass is 379 g/mol. The Morgan fingerprint density at radius 2 is 1.93 bits per heavy atom. The highest BCUT2D eigenvalue weighted by atomic mass is 16.5. The average molecular weight is 379 g/mol. The second-order valence-corrected chi connectivity index (χ2v) is 7.06. The Morgan fingerprint density at radius 3 is 2.71 bits per heavy atom. The van der Waals surface area contributed by atoms with Gasteiger partial charge >= 0.3 is 0 Å². The molecule has 6 heteroatoms. The number of nitrogens with one attached hydrogen (secondary N) is 2. The number of hydrogen-bond acceptors (Lipinski definition) is 4. The van der Waals surface area contributed by atoms with E-state index in [1.807, 2.05) is 51.1 Å². The Bertz CT molecular complexity index is 1030. The highest BCUT2D eigenvalue weighted by Gasteiger charge is 2.12. The van der Waals surface area contributed by atoms with Crippen LogP contribution in [0.2, 0.25) is 0 Å².